The Hall–Kier alpha value is -2.75. The first-order valence-electron chi connectivity index (χ1n) is 6.30. The highest BCUT2D eigenvalue weighted by Crippen LogP contribution is 2.10. The molecular weight excluding hydrogens is 250 g/mol. The molecule has 0 bridgehead atoms. The first-order valence-corrected chi connectivity index (χ1v) is 6.30. The molecule has 0 spiro atoms. The molecule has 0 unspecified atom stereocenters. The van der Waals surface area contributed by atoms with E-state index in [1.54, 1.807) is 30.5 Å². The molecule has 0 aliphatic carbocycles. The van der Waals surface area contributed by atoms with Crippen LogP contribution in [0.5, 0.6) is 0 Å². The number of aryl methyl sites for hydroxylation is 1. The molecule has 4 heteroatoms. The molecule has 0 radical (unpaired) electrons. The minimum Gasteiger partial charge on any atom is -0.399 e. The van der Waals surface area contributed by atoms with Crippen LogP contribution in [0.3, 0.4) is 0 Å². The number of nitrogens with one attached hydrogen (secondary N) is 2. The van der Waals surface area contributed by atoms with Gasteiger partial charge in [-0.3, -0.25) is 0 Å². The first kappa shape index (κ1) is 13.7. The lowest BCUT2D eigenvalue weighted by Crippen LogP contribution is -2.23. The van der Waals surface area contributed by atoms with E-state index in [1.165, 1.54) is 5.56 Å². The first-order chi connectivity index (χ1) is 9.63. The number of carbonyl (C=O) groups excluding carboxylic acids is 1. The lowest BCUT2D eigenvalue weighted by atomic mass is 10.1. The van der Waals surface area contributed by atoms with Crippen molar-refractivity contribution in [3.05, 3.63) is 65.9 Å². The highest BCUT2D eigenvalue weighted by atomic mass is 16.2. The van der Waals surface area contributed by atoms with E-state index in [-0.39, 0.29) is 6.03 Å². The summed E-state index contributed by atoms with van der Waals surface area (Å²) in [6.45, 7) is 2.03. The predicted molar refractivity (Wildman–Crippen MR) is 83.2 cm³/mol. The molecule has 0 aliphatic rings. The van der Waals surface area contributed by atoms with Gasteiger partial charge in [-0.1, -0.05) is 29.8 Å². The van der Waals surface area contributed by atoms with Crippen LogP contribution in [-0.4, -0.2) is 6.03 Å². The van der Waals surface area contributed by atoms with E-state index >= 15 is 0 Å². The van der Waals surface area contributed by atoms with Crippen molar-refractivity contribution in [1.82, 2.24) is 5.32 Å². The Labute approximate surface area is 118 Å². The van der Waals surface area contributed by atoms with Gasteiger partial charge in [0.15, 0.2) is 0 Å². The average molecular weight is 267 g/mol. The van der Waals surface area contributed by atoms with Gasteiger partial charge in [-0.25, -0.2) is 4.79 Å². The average Bonchev–Trinajstić information content (AvgIpc) is 2.44. The Kier molecular flexibility index (Phi) is 4.39. The van der Waals surface area contributed by atoms with Gasteiger partial charge in [0, 0.05) is 17.6 Å². The third-order valence-electron chi connectivity index (χ3n) is 2.74. The van der Waals surface area contributed by atoms with Crippen molar-refractivity contribution in [1.29, 1.82) is 0 Å². The molecule has 0 saturated heterocycles. The minimum atomic E-state index is -0.293. The Morgan fingerprint density at radius 3 is 2.35 bits per heavy atom. The summed E-state index contributed by atoms with van der Waals surface area (Å²) >= 11 is 0. The number of carbonyl (C=O) groups is 1. The van der Waals surface area contributed by atoms with Gasteiger partial charge in [-0.15, -0.1) is 0 Å². The van der Waals surface area contributed by atoms with Gasteiger partial charge >= 0.3 is 6.03 Å². The second kappa shape index (κ2) is 6.43. The van der Waals surface area contributed by atoms with Crippen molar-refractivity contribution in [3.63, 3.8) is 0 Å². The Balaban J connectivity index is 1.85. The summed E-state index contributed by atoms with van der Waals surface area (Å²) < 4.78 is 0. The summed E-state index contributed by atoms with van der Waals surface area (Å²) in [5, 5.41) is 5.35. The summed E-state index contributed by atoms with van der Waals surface area (Å²) in [6, 6.07) is 14.7. The van der Waals surface area contributed by atoms with Crippen molar-refractivity contribution in [2.45, 2.75) is 6.92 Å². The largest absolute Gasteiger partial charge is 0.399 e. The molecule has 4 N–H and O–H groups in total. The maximum absolute atomic E-state index is 11.6. The Morgan fingerprint density at radius 2 is 1.70 bits per heavy atom. The molecule has 0 aliphatic heterocycles. The van der Waals surface area contributed by atoms with Crippen LogP contribution in [0.15, 0.2) is 54.7 Å². The Morgan fingerprint density at radius 1 is 1.05 bits per heavy atom. The van der Waals surface area contributed by atoms with Crippen LogP contribution in [0.25, 0.3) is 6.08 Å². The van der Waals surface area contributed by atoms with Crippen LogP contribution in [0.4, 0.5) is 16.2 Å². The number of hydrogen-bond donors (Lipinski definition) is 3. The fourth-order valence-electron chi connectivity index (χ4n) is 1.62. The number of amides is 2. The van der Waals surface area contributed by atoms with Gasteiger partial charge in [-0.05, 0) is 42.8 Å². The molecular formula is C16H17N3O. The van der Waals surface area contributed by atoms with Gasteiger partial charge < -0.3 is 16.4 Å². The zero-order chi connectivity index (χ0) is 14.4. The normalized spacial score (nSPS) is 10.4. The predicted octanol–water partition coefficient (Wildman–Crippen LogP) is 3.37. The summed E-state index contributed by atoms with van der Waals surface area (Å²) in [7, 11) is 0. The van der Waals surface area contributed by atoms with Crippen LogP contribution < -0.4 is 16.4 Å². The van der Waals surface area contributed by atoms with E-state index in [0.717, 1.165) is 5.56 Å². The fraction of sp³-hybridized carbons (Fsp3) is 0.0625. The molecule has 0 fully saturated rings. The number of rotatable bonds is 3. The zero-order valence-electron chi connectivity index (χ0n) is 11.3. The summed E-state index contributed by atoms with van der Waals surface area (Å²) in [5.74, 6) is 0. The number of urea groups is 1. The molecule has 2 amide bonds. The van der Waals surface area contributed by atoms with E-state index in [4.69, 9.17) is 5.73 Å². The summed E-state index contributed by atoms with van der Waals surface area (Å²) in [5.41, 5.74) is 9.17. The topological polar surface area (TPSA) is 67.2 Å². The number of benzene rings is 2. The Bertz CT molecular complexity index is 601. The maximum atomic E-state index is 11.6. The van der Waals surface area contributed by atoms with Crippen LogP contribution in [0.2, 0.25) is 0 Å². The van der Waals surface area contributed by atoms with Gasteiger partial charge in [0.2, 0.25) is 0 Å². The van der Waals surface area contributed by atoms with Gasteiger partial charge in [0.1, 0.15) is 0 Å². The zero-order valence-corrected chi connectivity index (χ0v) is 11.3. The monoisotopic (exact) mass is 267 g/mol. The lowest BCUT2D eigenvalue weighted by Gasteiger charge is -2.04. The van der Waals surface area contributed by atoms with Crippen molar-refractivity contribution in [3.8, 4) is 0 Å². The van der Waals surface area contributed by atoms with E-state index in [0.29, 0.717) is 11.4 Å². The SMILES string of the molecule is Cc1ccc(/C=C/NC(=O)Nc2ccc(N)cc2)cc1. The molecule has 0 atom stereocenters. The van der Waals surface area contributed by atoms with Crippen molar-refractivity contribution in [2.75, 3.05) is 11.1 Å². The van der Waals surface area contributed by atoms with Gasteiger partial charge in [0.05, 0.1) is 0 Å². The molecule has 2 aromatic rings. The van der Waals surface area contributed by atoms with Crippen LogP contribution in [0.1, 0.15) is 11.1 Å². The van der Waals surface area contributed by atoms with Crippen molar-refractivity contribution < 1.29 is 4.79 Å². The number of hydrogen-bond acceptors (Lipinski definition) is 2. The highest BCUT2D eigenvalue weighted by Gasteiger charge is 1.98. The highest BCUT2D eigenvalue weighted by molar-refractivity contribution is 5.90. The molecule has 0 saturated carbocycles. The maximum Gasteiger partial charge on any atom is 0.323 e. The third kappa shape index (κ3) is 4.17. The van der Waals surface area contributed by atoms with Crippen molar-refractivity contribution >= 4 is 23.5 Å². The van der Waals surface area contributed by atoms with E-state index in [1.807, 2.05) is 37.3 Å². The minimum absolute atomic E-state index is 0.293. The molecule has 2 rings (SSSR count). The van der Waals surface area contributed by atoms with E-state index in [9.17, 15) is 4.79 Å². The summed E-state index contributed by atoms with van der Waals surface area (Å²) in [6.07, 6.45) is 3.44. The van der Waals surface area contributed by atoms with Crippen LogP contribution in [-0.2, 0) is 0 Å². The number of nitrogen functional groups attached to an aromatic ring is 1. The van der Waals surface area contributed by atoms with Gasteiger partial charge in [0.25, 0.3) is 0 Å². The lowest BCUT2D eigenvalue weighted by molar-refractivity contribution is 0.255. The van der Waals surface area contributed by atoms with E-state index in [2.05, 4.69) is 10.6 Å². The molecule has 2 aromatic carbocycles. The number of anilines is 2. The summed E-state index contributed by atoms with van der Waals surface area (Å²) in [4.78, 5) is 11.6. The molecule has 102 valence electrons. The van der Waals surface area contributed by atoms with Gasteiger partial charge in [-0.2, -0.15) is 0 Å². The van der Waals surface area contributed by atoms with Crippen LogP contribution in [0, 0.1) is 6.92 Å². The standard InChI is InChI=1S/C16H17N3O/c1-12-2-4-13(5-3-12)10-11-18-16(20)19-15-8-6-14(17)7-9-15/h2-11H,17H2,1H3,(H2,18,19,20)/b11-10+. The molecule has 0 aromatic heterocycles. The van der Waals surface area contributed by atoms with Crippen LogP contribution >= 0.6 is 0 Å². The smallest absolute Gasteiger partial charge is 0.323 e. The quantitative estimate of drug-likeness (QED) is 0.746. The molecule has 20 heavy (non-hydrogen) atoms. The number of nitrogens with two attached hydrogens (primary N) is 1. The van der Waals surface area contributed by atoms with Crippen molar-refractivity contribution in [2.24, 2.45) is 0 Å². The second-order valence-corrected chi connectivity index (χ2v) is 4.46. The second-order valence-electron chi connectivity index (χ2n) is 4.46. The third-order valence-corrected chi connectivity index (χ3v) is 2.74. The fourth-order valence-corrected chi connectivity index (χ4v) is 1.62. The molecule has 4 nitrogen and oxygen atoms in total. The van der Waals surface area contributed by atoms with E-state index < -0.39 is 0 Å². The molecule has 0 heterocycles.